The van der Waals surface area contributed by atoms with Crippen LogP contribution in [-0.4, -0.2) is 22.3 Å². The number of hydrogen-bond acceptors (Lipinski definition) is 3. The Hall–Kier alpha value is -3.93. The van der Waals surface area contributed by atoms with Crippen molar-refractivity contribution in [2.45, 2.75) is 13.1 Å². The summed E-state index contributed by atoms with van der Waals surface area (Å²) in [7, 11) is 0. The van der Waals surface area contributed by atoms with E-state index in [0.717, 1.165) is 22.4 Å². The number of benzene rings is 3. The first-order chi connectivity index (χ1) is 15.2. The first-order valence-electron chi connectivity index (χ1n) is 9.98. The van der Waals surface area contributed by atoms with E-state index in [4.69, 9.17) is 9.84 Å². The summed E-state index contributed by atoms with van der Waals surface area (Å²) in [4.78, 5) is 12.3. The normalized spacial score (nSPS) is 10.6. The summed E-state index contributed by atoms with van der Waals surface area (Å²) < 4.78 is 20.5. The van der Waals surface area contributed by atoms with E-state index < -0.39 is 5.82 Å². The number of aromatic nitrogens is 2. The molecule has 0 radical (unpaired) electrons. The molecule has 1 heterocycles. The van der Waals surface area contributed by atoms with Crippen LogP contribution in [0, 0.1) is 5.82 Å². The molecule has 0 unspecified atom stereocenters. The Balaban J connectivity index is 1.45. The molecule has 0 aliphatic carbocycles. The lowest BCUT2D eigenvalue weighted by molar-refractivity contribution is -0.123. The van der Waals surface area contributed by atoms with E-state index in [1.807, 2.05) is 59.4 Å². The quantitative estimate of drug-likeness (QED) is 0.463. The zero-order valence-corrected chi connectivity index (χ0v) is 16.9. The number of halogens is 1. The molecule has 0 saturated carbocycles. The molecule has 1 amide bonds. The topological polar surface area (TPSA) is 56.1 Å². The minimum absolute atomic E-state index is 0.192. The molecule has 3 aromatic carbocycles. The fourth-order valence-electron chi connectivity index (χ4n) is 3.23. The highest BCUT2D eigenvalue weighted by Crippen LogP contribution is 2.22. The Kier molecular flexibility index (Phi) is 6.38. The van der Waals surface area contributed by atoms with E-state index in [-0.39, 0.29) is 12.5 Å². The smallest absolute Gasteiger partial charge is 0.258 e. The summed E-state index contributed by atoms with van der Waals surface area (Å²) in [5.74, 6) is -0.383. The number of nitrogens with one attached hydrogen (secondary N) is 1. The van der Waals surface area contributed by atoms with Gasteiger partial charge in [0.2, 0.25) is 0 Å². The van der Waals surface area contributed by atoms with Crippen molar-refractivity contribution in [3.63, 3.8) is 0 Å². The van der Waals surface area contributed by atoms with Gasteiger partial charge in [0, 0.05) is 29.9 Å². The van der Waals surface area contributed by atoms with Crippen LogP contribution in [0.5, 0.6) is 5.75 Å². The van der Waals surface area contributed by atoms with Crippen LogP contribution in [0.2, 0.25) is 0 Å². The van der Waals surface area contributed by atoms with Crippen molar-refractivity contribution >= 4 is 5.91 Å². The molecule has 156 valence electrons. The summed E-state index contributed by atoms with van der Waals surface area (Å²) in [5, 5.41) is 7.61. The molecule has 4 aromatic rings. The molecule has 31 heavy (non-hydrogen) atoms. The fraction of sp³-hybridized carbons (Fsp3) is 0.120. The van der Waals surface area contributed by atoms with Gasteiger partial charge in [-0.05, 0) is 17.7 Å². The fourth-order valence-corrected chi connectivity index (χ4v) is 3.23. The number of nitrogens with zero attached hydrogens (tertiary/aromatic N) is 2. The van der Waals surface area contributed by atoms with E-state index in [2.05, 4.69) is 17.4 Å². The molecule has 0 fully saturated rings. The predicted octanol–water partition coefficient (Wildman–Crippen LogP) is 4.43. The average molecular weight is 415 g/mol. The van der Waals surface area contributed by atoms with Crippen LogP contribution in [0.25, 0.3) is 11.3 Å². The third-order valence-electron chi connectivity index (χ3n) is 4.71. The molecule has 0 aliphatic heterocycles. The highest BCUT2D eigenvalue weighted by atomic mass is 19.1. The van der Waals surface area contributed by atoms with Gasteiger partial charge in [0.15, 0.2) is 6.61 Å². The molecular formula is C25H22FN3O2. The molecule has 5 nitrogen and oxygen atoms in total. The van der Waals surface area contributed by atoms with Crippen LogP contribution in [0.1, 0.15) is 11.1 Å². The summed E-state index contributed by atoms with van der Waals surface area (Å²) in [6, 6.07) is 25.7. The van der Waals surface area contributed by atoms with Gasteiger partial charge in [-0.1, -0.05) is 66.7 Å². The van der Waals surface area contributed by atoms with Gasteiger partial charge in [-0.3, -0.25) is 9.48 Å². The Bertz CT molecular complexity index is 1140. The van der Waals surface area contributed by atoms with Gasteiger partial charge in [-0.15, -0.1) is 0 Å². The molecule has 0 bridgehead atoms. The molecule has 0 atom stereocenters. The van der Waals surface area contributed by atoms with Crippen LogP contribution in [0.3, 0.4) is 0 Å². The summed E-state index contributed by atoms with van der Waals surface area (Å²) in [5.41, 5.74) is 3.85. The van der Waals surface area contributed by atoms with Crippen molar-refractivity contribution in [1.29, 1.82) is 0 Å². The lowest BCUT2D eigenvalue weighted by atomic mass is 10.1. The van der Waals surface area contributed by atoms with Crippen molar-refractivity contribution in [2.24, 2.45) is 0 Å². The Morgan fingerprint density at radius 2 is 1.71 bits per heavy atom. The SMILES string of the molecule is O=C(COc1cccc(F)c1)NCc1cn(Cc2ccccc2)nc1-c1ccccc1. The van der Waals surface area contributed by atoms with E-state index in [0.29, 0.717) is 18.8 Å². The van der Waals surface area contributed by atoms with Gasteiger partial charge >= 0.3 is 0 Å². The lowest BCUT2D eigenvalue weighted by Gasteiger charge is -2.08. The predicted molar refractivity (Wildman–Crippen MR) is 117 cm³/mol. The number of hydrogen-bond donors (Lipinski definition) is 1. The Labute approximate surface area is 180 Å². The molecule has 0 spiro atoms. The molecule has 6 heteroatoms. The minimum atomic E-state index is -0.406. The lowest BCUT2D eigenvalue weighted by Crippen LogP contribution is -2.28. The second-order valence-corrected chi connectivity index (χ2v) is 7.07. The van der Waals surface area contributed by atoms with Crippen molar-refractivity contribution in [3.8, 4) is 17.0 Å². The van der Waals surface area contributed by atoms with E-state index in [1.165, 1.54) is 18.2 Å². The van der Waals surface area contributed by atoms with Crippen molar-refractivity contribution in [1.82, 2.24) is 15.1 Å². The van der Waals surface area contributed by atoms with Crippen molar-refractivity contribution in [3.05, 3.63) is 108 Å². The Morgan fingerprint density at radius 3 is 2.45 bits per heavy atom. The number of carbonyl (C=O) groups excluding carboxylic acids is 1. The van der Waals surface area contributed by atoms with Gasteiger partial charge in [0.1, 0.15) is 11.6 Å². The second-order valence-electron chi connectivity index (χ2n) is 7.07. The number of amides is 1. The summed E-state index contributed by atoms with van der Waals surface area (Å²) in [6.45, 7) is 0.754. The molecule has 0 saturated heterocycles. The average Bonchev–Trinajstić information content (AvgIpc) is 3.20. The maximum Gasteiger partial charge on any atom is 0.258 e. The van der Waals surface area contributed by atoms with Crippen LogP contribution in [0.4, 0.5) is 4.39 Å². The van der Waals surface area contributed by atoms with Crippen molar-refractivity contribution < 1.29 is 13.9 Å². The maximum atomic E-state index is 13.2. The van der Waals surface area contributed by atoms with E-state index in [9.17, 15) is 9.18 Å². The standard InChI is InChI=1S/C25H22FN3O2/c26-22-12-7-13-23(14-22)31-18-24(30)27-15-21-17-29(16-19-8-3-1-4-9-19)28-25(21)20-10-5-2-6-11-20/h1-14,17H,15-16,18H2,(H,27,30). The number of rotatable bonds is 8. The van der Waals surface area contributed by atoms with Gasteiger partial charge < -0.3 is 10.1 Å². The van der Waals surface area contributed by atoms with Crippen LogP contribution in [-0.2, 0) is 17.9 Å². The van der Waals surface area contributed by atoms with Crippen LogP contribution < -0.4 is 10.1 Å². The monoisotopic (exact) mass is 415 g/mol. The second kappa shape index (κ2) is 9.71. The summed E-state index contributed by atoms with van der Waals surface area (Å²) in [6.07, 6.45) is 1.95. The minimum Gasteiger partial charge on any atom is -0.484 e. The van der Waals surface area contributed by atoms with Crippen LogP contribution in [0.15, 0.2) is 91.1 Å². The number of ether oxygens (including phenoxy) is 1. The zero-order valence-electron chi connectivity index (χ0n) is 16.9. The molecule has 4 rings (SSSR count). The third kappa shape index (κ3) is 5.57. The van der Waals surface area contributed by atoms with E-state index in [1.54, 1.807) is 6.07 Å². The summed E-state index contributed by atoms with van der Waals surface area (Å²) >= 11 is 0. The highest BCUT2D eigenvalue weighted by Gasteiger charge is 2.13. The van der Waals surface area contributed by atoms with Crippen LogP contribution >= 0.6 is 0 Å². The van der Waals surface area contributed by atoms with Gasteiger partial charge in [0.05, 0.1) is 12.2 Å². The van der Waals surface area contributed by atoms with E-state index >= 15 is 0 Å². The molecule has 0 aliphatic rings. The molecular weight excluding hydrogens is 393 g/mol. The third-order valence-corrected chi connectivity index (χ3v) is 4.71. The molecule has 1 N–H and O–H groups in total. The largest absolute Gasteiger partial charge is 0.484 e. The van der Waals surface area contributed by atoms with Gasteiger partial charge in [0.25, 0.3) is 5.91 Å². The highest BCUT2D eigenvalue weighted by molar-refractivity contribution is 5.77. The van der Waals surface area contributed by atoms with Crippen molar-refractivity contribution in [2.75, 3.05) is 6.61 Å². The Morgan fingerprint density at radius 1 is 0.968 bits per heavy atom. The first kappa shape index (κ1) is 20.3. The van der Waals surface area contributed by atoms with Gasteiger partial charge in [-0.2, -0.15) is 5.10 Å². The number of carbonyl (C=O) groups is 1. The van der Waals surface area contributed by atoms with Gasteiger partial charge in [-0.25, -0.2) is 4.39 Å². The zero-order chi connectivity index (χ0) is 21.5. The first-order valence-corrected chi connectivity index (χ1v) is 9.98. The molecule has 1 aromatic heterocycles. The maximum absolute atomic E-state index is 13.2.